The molecule has 2 fully saturated rings. The number of pyridine rings is 1. The second-order valence-electron chi connectivity index (χ2n) is 8.83. The summed E-state index contributed by atoms with van der Waals surface area (Å²) in [6, 6.07) is 5.27. The van der Waals surface area contributed by atoms with Crippen molar-refractivity contribution in [3.05, 3.63) is 69.8 Å². The minimum atomic E-state index is -1.57. The number of nitrogens with zero attached hydrogens (tertiary/aromatic N) is 2. The van der Waals surface area contributed by atoms with Gasteiger partial charge in [0.1, 0.15) is 29.2 Å². The van der Waals surface area contributed by atoms with Gasteiger partial charge in [-0.2, -0.15) is 0 Å². The van der Waals surface area contributed by atoms with Crippen molar-refractivity contribution < 1.29 is 27.5 Å². The molecule has 2 atom stereocenters. The molecule has 2 aliphatic rings. The lowest BCUT2D eigenvalue weighted by Gasteiger charge is -2.21. The standard InChI is InChI=1S/C24H21F4N3O3/c25-13-1-4-20(17(26)5-13)31-10-16(24(33)34)23(32)15-6-18(27)22(7-21(15)31)30-9-12(19(28)11-30)8-29-14-2-3-14/h1,4-7,10,12,14,19,29H,2-3,8-9,11H2,(H,33,34)/t12-,19-/m1/s1. The molecule has 2 aromatic carbocycles. The summed E-state index contributed by atoms with van der Waals surface area (Å²) < 4.78 is 59.0. The second-order valence-corrected chi connectivity index (χ2v) is 8.83. The monoisotopic (exact) mass is 475 g/mol. The molecule has 34 heavy (non-hydrogen) atoms. The third-order valence-corrected chi connectivity index (χ3v) is 6.42. The van der Waals surface area contributed by atoms with E-state index in [0.717, 1.165) is 41.8 Å². The van der Waals surface area contributed by atoms with Gasteiger partial charge < -0.3 is 19.9 Å². The maximum atomic E-state index is 15.1. The van der Waals surface area contributed by atoms with Crippen molar-refractivity contribution in [2.75, 3.05) is 24.5 Å². The van der Waals surface area contributed by atoms with E-state index in [1.165, 1.54) is 11.0 Å². The highest BCUT2D eigenvalue weighted by molar-refractivity contribution is 5.94. The van der Waals surface area contributed by atoms with Gasteiger partial charge in [0, 0.05) is 49.2 Å². The van der Waals surface area contributed by atoms with Crippen LogP contribution in [0.4, 0.5) is 23.2 Å². The number of carboxylic acid groups (broad SMARTS) is 1. The number of anilines is 1. The van der Waals surface area contributed by atoms with Crippen LogP contribution < -0.4 is 15.6 Å². The van der Waals surface area contributed by atoms with Gasteiger partial charge in [-0.3, -0.25) is 4.79 Å². The fourth-order valence-electron chi connectivity index (χ4n) is 4.43. The number of alkyl halides is 1. The quantitative estimate of drug-likeness (QED) is 0.533. The Morgan fingerprint density at radius 1 is 1.06 bits per heavy atom. The van der Waals surface area contributed by atoms with Crippen LogP contribution in [0.3, 0.4) is 0 Å². The number of hydrogen-bond acceptors (Lipinski definition) is 4. The number of halogens is 4. The summed E-state index contributed by atoms with van der Waals surface area (Å²) in [4.78, 5) is 25.9. The molecule has 178 valence electrons. The van der Waals surface area contributed by atoms with Crippen LogP contribution >= 0.6 is 0 Å². The van der Waals surface area contributed by atoms with Crippen molar-refractivity contribution in [1.29, 1.82) is 0 Å². The van der Waals surface area contributed by atoms with Gasteiger partial charge in [0.25, 0.3) is 0 Å². The number of aromatic nitrogens is 1. The van der Waals surface area contributed by atoms with Crippen LogP contribution in [0.5, 0.6) is 0 Å². The summed E-state index contributed by atoms with van der Waals surface area (Å²) in [6.07, 6.45) is 1.85. The molecule has 2 heterocycles. The summed E-state index contributed by atoms with van der Waals surface area (Å²) in [7, 11) is 0. The SMILES string of the molecule is O=C(O)c1cn(-c2ccc(F)cc2F)c2cc(N3C[C@@H](CNC4CC4)[C@H](F)C3)c(F)cc2c1=O. The van der Waals surface area contributed by atoms with Gasteiger partial charge in [-0.05, 0) is 37.1 Å². The third kappa shape index (κ3) is 4.02. The summed E-state index contributed by atoms with van der Waals surface area (Å²) in [5.74, 6) is -4.57. The number of fused-ring (bicyclic) bond motifs is 1. The summed E-state index contributed by atoms with van der Waals surface area (Å²) in [5, 5.41) is 12.4. The average molecular weight is 475 g/mol. The number of carbonyl (C=O) groups is 1. The maximum Gasteiger partial charge on any atom is 0.341 e. The molecular weight excluding hydrogens is 454 g/mol. The third-order valence-electron chi connectivity index (χ3n) is 6.42. The molecule has 0 amide bonds. The second kappa shape index (κ2) is 8.43. The topological polar surface area (TPSA) is 74.6 Å². The van der Waals surface area contributed by atoms with Crippen molar-refractivity contribution in [2.45, 2.75) is 25.1 Å². The number of hydrogen-bond donors (Lipinski definition) is 2. The fraction of sp³-hybridized carbons (Fsp3) is 0.333. The van der Waals surface area contributed by atoms with Crippen LogP contribution in [0.1, 0.15) is 23.2 Å². The highest BCUT2D eigenvalue weighted by atomic mass is 19.1. The Kier molecular flexibility index (Phi) is 5.55. The Balaban J connectivity index is 1.63. The van der Waals surface area contributed by atoms with Crippen LogP contribution in [0.15, 0.2) is 41.3 Å². The minimum Gasteiger partial charge on any atom is -0.477 e. The van der Waals surface area contributed by atoms with Gasteiger partial charge in [0.15, 0.2) is 0 Å². The lowest BCUT2D eigenvalue weighted by Crippen LogP contribution is -2.30. The fourth-order valence-corrected chi connectivity index (χ4v) is 4.43. The van der Waals surface area contributed by atoms with Crippen LogP contribution in [0.25, 0.3) is 16.6 Å². The van der Waals surface area contributed by atoms with E-state index < -0.39 is 40.6 Å². The molecule has 0 spiro atoms. The van der Waals surface area contributed by atoms with Gasteiger partial charge in [0.2, 0.25) is 5.43 Å². The molecule has 5 rings (SSSR count). The van der Waals surface area contributed by atoms with Gasteiger partial charge in [0.05, 0.1) is 16.9 Å². The number of carboxylic acids is 1. The molecule has 3 aromatic rings. The molecule has 1 saturated heterocycles. The van der Waals surface area contributed by atoms with E-state index >= 15 is 4.39 Å². The number of aromatic carboxylic acids is 1. The van der Waals surface area contributed by atoms with Crippen LogP contribution in [-0.2, 0) is 0 Å². The van der Waals surface area contributed by atoms with Gasteiger partial charge in [-0.1, -0.05) is 0 Å². The molecule has 0 unspecified atom stereocenters. The zero-order valence-electron chi connectivity index (χ0n) is 17.9. The van der Waals surface area contributed by atoms with E-state index in [2.05, 4.69) is 5.32 Å². The van der Waals surface area contributed by atoms with E-state index in [9.17, 15) is 27.9 Å². The van der Waals surface area contributed by atoms with E-state index in [4.69, 9.17) is 0 Å². The largest absolute Gasteiger partial charge is 0.477 e. The molecule has 6 nitrogen and oxygen atoms in total. The zero-order chi connectivity index (χ0) is 24.1. The predicted molar refractivity (Wildman–Crippen MR) is 118 cm³/mol. The molecule has 1 aromatic heterocycles. The zero-order valence-corrected chi connectivity index (χ0v) is 17.9. The summed E-state index contributed by atoms with van der Waals surface area (Å²) in [6.45, 7) is 0.651. The molecule has 0 bridgehead atoms. The Labute approximate surface area is 191 Å². The minimum absolute atomic E-state index is 0.0165. The number of benzene rings is 2. The van der Waals surface area contributed by atoms with Crippen molar-refractivity contribution >= 4 is 22.6 Å². The molecule has 0 radical (unpaired) electrons. The Morgan fingerprint density at radius 2 is 1.79 bits per heavy atom. The molecular formula is C24H21F4N3O3. The van der Waals surface area contributed by atoms with E-state index in [0.29, 0.717) is 18.7 Å². The first-order valence-corrected chi connectivity index (χ1v) is 10.9. The first-order chi connectivity index (χ1) is 16.2. The van der Waals surface area contributed by atoms with Gasteiger partial charge >= 0.3 is 5.97 Å². The Morgan fingerprint density at radius 3 is 2.47 bits per heavy atom. The first-order valence-electron chi connectivity index (χ1n) is 10.9. The highest BCUT2D eigenvalue weighted by Crippen LogP contribution is 2.32. The average Bonchev–Trinajstić information content (AvgIpc) is 3.54. The normalized spacial score (nSPS) is 20.3. The predicted octanol–water partition coefficient (Wildman–Crippen LogP) is 3.63. The number of rotatable bonds is 6. The van der Waals surface area contributed by atoms with Crippen LogP contribution in [-0.4, -0.2) is 47.5 Å². The van der Waals surface area contributed by atoms with Crippen molar-refractivity contribution in [3.63, 3.8) is 0 Å². The van der Waals surface area contributed by atoms with Gasteiger partial charge in [-0.25, -0.2) is 22.4 Å². The maximum absolute atomic E-state index is 15.1. The number of nitrogens with one attached hydrogen (secondary N) is 1. The molecule has 1 aliphatic heterocycles. The van der Waals surface area contributed by atoms with Gasteiger partial charge in [-0.15, -0.1) is 0 Å². The lowest BCUT2D eigenvalue weighted by molar-refractivity contribution is 0.0695. The highest BCUT2D eigenvalue weighted by Gasteiger charge is 2.35. The Hall–Kier alpha value is -3.40. The van der Waals surface area contributed by atoms with Crippen LogP contribution in [0, 0.1) is 23.4 Å². The smallest absolute Gasteiger partial charge is 0.341 e. The van der Waals surface area contributed by atoms with Crippen LogP contribution in [0.2, 0.25) is 0 Å². The molecule has 1 aliphatic carbocycles. The lowest BCUT2D eigenvalue weighted by atomic mass is 10.1. The molecule has 2 N–H and O–H groups in total. The summed E-state index contributed by atoms with van der Waals surface area (Å²) >= 11 is 0. The van der Waals surface area contributed by atoms with Crippen molar-refractivity contribution in [2.24, 2.45) is 5.92 Å². The first kappa shape index (κ1) is 22.4. The van der Waals surface area contributed by atoms with E-state index in [-0.39, 0.29) is 41.3 Å². The summed E-state index contributed by atoms with van der Waals surface area (Å²) in [5.41, 5.74) is -1.82. The van der Waals surface area contributed by atoms with Crippen molar-refractivity contribution in [3.8, 4) is 5.69 Å². The molecule has 10 heteroatoms. The van der Waals surface area contributed by atoms with E-state index in [1.807, 2.05) is 0 Å². The van der Waals surface area contributed by atoms with E-state index in [1.54, 1.807) is 0 Å². The molecule has 1 saturated carbocycles. The van der Waals surface area contributed by atoms with Crippen molar-refractivity contribution in [1.82, 2.24) is 9.88 Å². The Bertz CT molecular complexity index is 1360.